The third kappa shape index (κ3) is 1.84. The highest BCUT2D eigenvalue weighted by Crippen LogP contribution is 2.29. The number of nitrogens with one attached hydrogen (secondary N) is 1. The van der Waals surface area contributed by atoms with Gasteiger partial charge in [-0.2, -0.15) is 0 Å². The van der Waals surface area contributed by atoms with Crippen molar-refractivity contribution in [3.8, 4) is 0 Å². The zero-order valence-electron chi connectivity index (χ0n) is 10.4. The Hall–Kier alpha value is -1.35. The molecule has 2 atom stereocenters. The third-order valence-corrected chi connectivity index (χ3v) is 3.71. The van der Waals surface area contributed by atoms with Crippen LogP contribution in [0.2, 0.25) is 0 Å². The first-order chi connectivity index (χ1) is 8.28. The Kier molecular flexibility index (Phi) is 2.63. The van der Waals surface area contributed by atoms with E-state index in [0.29, 0.717) is 11.8 Å². The Balaban J connectivity index is 2.01. The molecule has 1 aliphatic heterocycles. The second-order valence-corrected chi connectivity index (χ2v) is 4.95. The van der Waals surface area contributed by atoms with Gasteiger partial charge in [0.1, 0.15) is 5.52 Å². The van der Waals surface area contributed by atoms with E-state index < -0.39 is 0 Å². The molecule has 90 valence electrons. The number of hydrogen-bond acceptors (Lipinski definition) is 3. The van der Waals surface area contributed by atoms with Crippen molar-refractivity contribution in [3.05, 3.63) is 29.7 Å². The predicted molar refractivity (Wildman–Crippen MR) is 68.2 cm³/mol. The van der Waals surface area contributed by atoms with E-state index in [9.17, 15) is 0 Å². The minimum atomic E-state index is 0.424. The second-order valence-electron chi connectivity index (χ2n) is 4.95. The summed E-state index contributed by atoms with van der Waals surface area (Å²) in [5.41, 5.74) is 3.23. The van der Waals surface area contributed by atoms with Crippen LogP contribution in [0.1, 0.15) is 31.2 Å². The molecular weight excluding hydrogens is 212 g/mol. The van der Waals surface area contributed by atoms with Crippen LogP contribution in [0, 0.1) is 5.92 Å². The quantitative estimate of drug-likeness (QED) is 0.862. The van der Waals surface area contributed by atoms with Gasteiger partial charge in [0.15, 0.2) is 11.5 Å². The molecule has 3 rings (SSSR count). The third-order valence-electron chi connectivity index (χ3n) is 3.71. The van der Waals surface area contributed by atoms with E-state index in [2.05, 4.69) is 36.3 Å². The average Bonchev–Trinajstić information content (AvgIpc) is 2.93. The standard InChI is InChI=1S/C14H18N2O/c1-3-10-4-5-13-12(6-10)16-14(17-13)11-8-15-7-9(11)2/h4-6,9,11,15H,3,7-8H2,1-2H3/t9-,11-/m1/s1. The number of rotatable bonds is 2. The van der Waals surface area contributed by atoms with Crippen molar-refractivity contribution >= 4 is 11.1 Å². The molecule has 0 saturated carbocycles. The lowest BCUT2D eigenvalue weighted by Gasteiger charge is -2.08. The lowest BCUT2D eigenvalue weighted by atomic mass is 9.98. The number of hydrogen-bond donors (Lipinski definition) is 1. The van der Waals surface area contributed by atoms with Crippen molar-refractivity contribution in [3.63, 3.8) is 0 Å². The molecule has 3 heteroatoms. The van der Waals surface area contributed by atoms with E-state index in [0.717, 1.165) is 36.5 Å². The molecule has 0 spiro atoms. The van der Waals surface area contributed by atoms with Gasteiger partial charge in [0.25, 0.3) is 0 Å². The van der Waals surface area contributed by atoms with E-state index in [1.165, 1.54) is 5.56 Å². The molecule has 1 N–H and O–H groups in total. The van der Waals surface area contributed by atoms with Gasteiger partial charge in [-0.1, -0.05) is 19.9 Å². The maximum Gasteiger partial charge on any atom is 0.200 e. The summed E-state index contributed by atoms with van der Waals surface area (Å²) in [6.45, 7) is 6.44. The Morgan fingerprint density at radius 3 is 3.00 bits per heavy atom. The molecule has 0 aliphatic carbocycles. The van der Waals surface area contributed by atoms with Gasteiger partial charge in [0.05, 0.1) is 5.92 Å². The highest BCUT2D eigenvalue weighted by atomic mass is 16.3. The van der Waals surface area contributed by atoms with Gasteiger partial charge in [-0.05, 0) is 36.6 Å². The summed E-state index contributed by atoms with van der Waals surface area (Å²) in [4.78, 5) is 4.65. The van der Waals surface area contributed by atoms with Crippen LogP contribution in [-0.2, 0) is 6.42 Å². The van der Waals surface area contributed by atoms with Gasteiger partial charge in [0.2, 0.25) is 0 Å². The average molecular weight is 230 g/mol. The smallest absolute Gasteiger partial charge is 0.200 e. The zero-order valence-corrected chi connectivity index (χ0v) is 10.4. The normalized spacial score (nSPS) is 24.6. The van der Waals surface area contributed by atoms with Crippen molar-refractivity contribution in [2.45, 2.75) is 26.2 Å². The highest BCUT2D eigenvalue weighted by molar-refractivity contribution is 5.73. The van der Waals surface area contributed by atoms with E-state index in [1.807, 2.05) is 6.07 Å². The number of oxazole rings is 1. The molecule has 2 aromatic rings. The van der Waals surface area contributed by atoms with Crippen LogP contribution in [-0.4, -0.2) is 18.1 Å². The fraction of sp³-hybridized carbons (Fsp3) is 0.500. The van der Waals surface area contributed by atoms with Crippen molar-refractivity contribution in [2.24, 2.45) is 5.92 Å². The largest absolute Gasteiger partial charge is 0.440 e. The first kappa shape index (κ1) is 10.8. The molecular formula is C14H18N2O. The molecule has 3 nitrogen and oxygen atoms in total. The molecule has 1 fully saturated rings. The molecule has 1 aliphatic rings. The molecule has 0 amide bonds. The fourth-order valence-electron chi connectivity index (χ4n) is 2.51. The molecule has 1 aromatic carbocycles. The van der Waals surface area contributed by atoms with E-state index in [1.54, 1.807) is 0 Å². The van der Waals surface area contributed by atoms with Gasteiger partial charge >= 0.3 is 0 Å². The maximum atomic E-state index is 5.87. The summed E-state index contributed by atoms with van der Waals surface area (Å²) in [5.74, 6) is 1.92. The molecule has 2 heterocycles. The van der Waals surface area contributed by atoms with Gasteiger partial charge in [-0.15, -0.1) is 0 Å². The summed E-state index contributed by atoms with van der Waals surface area (Å²) in [6, 6.07) is 6.29. The molecule has 0 radical (unpaired) electrons. The molecule has 0 bridgehead atoms. The summed E-state index contributed by atoms with van der Waals surface area (Å²) in [7, 11) is 0. The van der Waals surface area contributed by atoms with Crippen molar-refractivity contribution < 1.29 is 4.42 Å². The van der Waals surface area contributed by atoms with Gasteiger partial charge in [-0.25, -0.2) is 4.98 Å². The van der Waals surface area contributed by atoms with E-state index in [-0.39, 0.29) is 0 Å². The van der Waals surface area contributed by atoms with Gasteiger partial charge in [0, 0.05) is 6.54 Å². The number of aromatic nitrogens is 1. The summed E-state index contributed by atoms with van der Waals surface area (Å²) in [6.07, 6.45) is 1.04. The Morgan fingerprint density at radius 2 is 2.29 bits per heavy atom. The van der Waals surface area contributed by atoms with Crippen LogP contribution in [0.25, 0.3) is 11.1 Å². The number of fused-ring (bicyclic) bond motifs is 1. The fourth-order valence-corrected chi connectivity index (χ4v) is 2.51. The number of aryl methyl sites for hydroxylation is 1. The summed E-state index contributed by atoms with van der Waals surface area (Å²) >= 11 is 0. The zero-order chi connectivity index (χ0) is 11.8. The van der Waals surface area contributed by atoms with Crippen LogP contribution < -0.4 is 5.32 Å². The highest BCUT2D eigenvalue weighted by Gasteiger charge is 2.28. The van der Waals surface area contributed by atoms with Crippen molar-refractivity contribution in [2.75, 3.05) is 13.1 Å². The number of nitrogens with zero attached hydrogens (tertiary/aromatic N) is 1. The maximum absolute atomic E-state index is 5.87. The molecule has 17 heavy (non-hydrogen) atoms. The molecule has 1 aromatic heterocycles. The first-order valence-electron chi connectivity index (χ1n) is 6.38. The molecule has 0 unspecified atom stereocenters. The second kappa shape index (κ2) is 4.15. The summed E-state index contributed by atoms with van der Waals surface area (Å²) < 4.78 is 5.87. The van der Waals surface area contributed by atoms with Crippen LogP contribution in [0.4, 0.5) is 0 Å². The van der Waals surface area contributed by atoms with Crippen LogP contribution in [0.5, 0.6) is 0 Å². The monoisotopic (exact) mass is 230 g/mol. The predicted octanol–water partition coefficient (Wildman–Crippen LogP) is 2.71. The Morgan fingerprint density at radius 1 is 1.41 bits per heavy atom. The minimum Gasteiger partial charge on any atom is -0.440 e. The first-order valence-corrected chi connectivity index (χ1v) is 6.38. The Labute approximate surface area is 101 Å². The van der Waals surface area contributed by atoms with E-state index >= 15 is 0 Å². The van der Waals surface area contributed by atoms with Crippen molar-refractivity contribution in [1.29, 1.82) is 0 Å². The van der Waals surface area contributed by atoms with E-state index in [4.69, 9.17) is 4.42 Å². The van der Waals surface area contributed by atoms with Crippen molar-refractivity contribution in [1.82, 2.24) is 10.3 Å². The molecule has 1 saturated heterocycles. The van der Waals surface area contributed by atoms with Crippen LogP contribution in [0.3, 0.4) is 0 Å². The van der Waals surface area contributed by atoms with Gasteiger partial charge in [-0.3, -0.25) is 0 Å². The van der Waals surface area contributed by atoms with Crippen LogP contribution >= 0.6 is 0 Å². The van der Waals surface area contributed by atoms with Crippen LogP contribution in [0.15, 0.2) is 22.6 Å². The minimum absolute atomic E-state index is 0.424. The van der Waals surface area contributed by atoms with Gasteiger partial charge < -0.3 is 9.73 Å². The number of benzene rings is 1. The lowest BCUT2D eigenvalue weighted by Crippen LogP contribution is -2.08. The SMILES string of the molecule is CCc1ccc2oc([C@@H]3CNC[C@H]3C)nc2c1. The lowest BCUT2D eigenvalue weighted by molar-refractivity contribution is 0.435. The Bertz CT molecular complexity index is 532. The topological polar surface area (TPSA) is 38.1 Å². The summed E-state index contributed by atoms with van der Waals surface area (Å²) in [5, 5.41) is 3.39.